The van der Waals surface area contributed by atoms with Gasteiger partial charge in [-0.1, -0.05) is 99.5 Å². The highest BCUT2D eigenvalue weighted by atomic mass is 16.4. The van der Waals surface area contributed by atoms with Gasteiger partial charge in [0.2, 0.25) is 5.91 Å². The summed E-state index contributed by atoms with van der Waals surface area (Å²) < 4.78 is 5.77. The van der Waals surface area contributed by atoms with E-state index in [1.165, 1.54) is 0 Å². The molecule has 0 saturated heterocycles. The summed E-state index contributed by atoms with van der Waals surface area (Å²) in [6.07, 6.45) is 4.42. The molecule has 7 heteroatoms. The SMILES string of the molecule is CCCCN(CCCC)CC(/C(C)=N/NC(=O)Cc1ccccc1)C(c1ccccc1)c1c(O)c2ccccc2oc1=O. The maximum Gasteiger partial charge on any atom is 0.343 e. The van der Waals surface area contributed by atoms with E-state index in [1.54, 1.807) is 18.2 Å². The Hall–Kier alpha value is -4.23. The zero-order valence-electron chi connectivity index (χ0n) is 25.5. The van der Waals surface area contributed by atoms with Gasteiger partial charge in [-0.25, -0.2) is 10.2 Å². The number of hydrogen-bond acceptors (Lipinski definition) is 6. The van der Waals surface area contributed by atoms with Crippen LogP contribution in [0.15, 0.2) is 99.2 Å². The standard InChI is InChI=1S/C36H43N3O4/c1-4-6-22-39(23-7-5-2)25-30(26(3)37-38-32(40)24-27-16-10-8-11-17-27)33(28-18-12-9-13-19-28)34-35(41)29-20-14-15-21-31(29)43-36(34)42/h8-21,30,33,41H,4-7,22-25H2,1-3H3,(H,38,40)/b37-26+. The van der Waals surface area contributed by atoms with Crippen molar-refractivity contribution in [2.24, 2.45) is 11.0 Å². The first-order chi connectivity index (χ1) is 20.9. The van der Waals surface area contributed by atoms with E-state index >= 15 is 0 Å². The van der Waals surface area contributed by atoms with Crippen LogP contribution in [0, 0.1) is 5.92 Å². The molecule has 1 amide bonds. The van der Waals surface area contributed by atoms with Gasteiger partial charge in [-0.2, -0.15) is 5.10 Å². The number of nitrogens with zero attached hydrogens (tertiary/aromatic N) is 2. The highest BCUT2D eigenvalue weighted by Crippen LogP contribution is 2.39. The number of nitrogens with one attached hydrogen (secondary N) is 1. The molecule has 0 aliphatic rings. The molecular formula is C36H43N3O4. The van der Waals surface area contributed by atoms with Crippen molar-refractivity contribution in [3.8, 4) is 5.75 Å². The van der Waals surface area contributed by atoms with Crippen molar-refractivity contribution in [2.45, 2.75) is 58.8 Å². The molecule has 0 radical (unpaired) electrons. The van der Waals surface area contributed by atoms with Gasteiger partial charge < -0.3 is 14.4 Å². The number of aromatic hydroxyl groups is 1. The number of hydrogen-bond donors (Lipinski definition) is 2. The topological polar surface area (TPSA) is 95.1 Å². The van der Waals surface area contributed by atoms with Gasteiger partial charge in [-0.3, -0.25) is 4.79 Å². The lowest BCUT2D eigenvalue weighted by molar-refractivity contribution is -0.120. The molecule has 0 bridgehead atoms. The molecular weight excluding hydrogens is 538 g/mol. The molecule has 2 atom stereocenters. The average Bonchev–Trinajstić information content (AvgIpc) is 3.03. The van der Waals surface area contributed by atoms with Gasteiger partial charge in [0, 0.05) is 24.1 Å². The molecule has 4 aromatic rings. The van der Waals surface area contributed by atoms with Gasteiger partial charge in [0.05, 0.1) is 17.4 Å². The molecule has 226 valence electrons. The minimum Gasteiger partial charge on any atom is -0.507 e. The second kappa shape index (κ2) is 15.8. The van der Waals surface area contributed by atoms with Crippen LogP contribution in [-0.4, -0.2) is 41.3 Å². The summed E-state index contributed by atoms with van der Waals surface area (Å²) in [6.45, 7) is 8.64. The van der Waals surface area contributed by atoms with Crippen LogP contribution in [0.25, 0.3) is 11.0 Å². The van der Waals surface area contributed by atoms with E-state index in [1.807, 2.05) is 73.7 Å². The Morgan fingerprint density at radius 3 is 2.16 bits per heavy atom. The van der Waals surface area contributed by atoms with Gasteiger partial charge in [0.1, 0.15) is 11.3 Å². The van der Waals surface area contributed by atoms with Crippen LogP contribution in [-0.2, 0) is 11.2 Å². The highest BCUT2D eigenvalue weighted by Gasteiger charge is 2.34. The van der Waals surface area contributed by atoms with E-state index < -0.39 is 11.5 Å². The van der Waals surface area contributed by atoms with E-state index in [-0.39, 0.29) is 29.6 Å². The largest absolute Gasteiger partial charge is 0.507 e. The summed E-state index contributed by atoms with van der Waals surface area (Å²) >= 11 is 0. The molecule has 3 aromatic carbocycles. The van der Waals surface area contributed by atoms with E-state index in [4.69, 9.17) is 4.42 Å². The van der Waals surface area contributed by atoms with Crippen LogP contribution in [0.5, 0.6) is 5.75 Å². The normalized spacial score (nSPS) is 13.3. The summed E-state index contributed by atoms with van der Waals surface area (Å²) in [5, 5.41) is 16.7. The number of carbonyl (C=O) groups is 1. The Balaban J connectivity index is 1.81. The smallest absolute Gasteiger partial charge is 0.343 e. The van der Waals surface area contributed by atoms with Crippen molar-refractivity contribution in [1.29, 1.82) is 0 Å². The Morgan fingerprint density at radius 2 is 1.51 bits per heavy atom. The maximum absolute atomic E-state index is 13.6. The molecule has 0 spiro atoms. The second-order valence-corrected chi connectivity index (χ2v) is 11.1. The summed E-state index contributed by atoms with van der Waals surface area (Å²) in [5.74, 6) is -1.21. The third-order valence-corrected chi connectivity index (χ3v) is 7.90. The van der Waals surface area contributed by atoms with E-state index in [2.05, 4.69) is 29.3 Å². The minimum atomic E-state index is -0.579. The monoisotopic (exact) mass is 581 g/mol. The maximum atomic E-state index is 13.6. The number of fused-ring (bicyclic) bond motifs is 1. The minimum absolute atomic E-state index is 0.0831. The number of amides is 1. The number of unbranched alkanes of at least 4 members (excludes halogenated alkanes) is 2. The Bertz CT molecular complexity index is 1540. The summed E-state index contributed by atoms with van der Waals surface area (Å²) in [4.78, 5) is 28.9. The van der Waals surface area contributed by atoms with E-state index in [0.29, 0.717) is 23.2 Å². The van der Waals surface area contributed by atoms with Crippen LogP contribution in [0.2, 0.25) is 0 Å². The predicted molar refractivity (Wildman–Crippen MR) is 174 cm³/mol. The molecule has 0 aliphatic carbocycles. The van der Waals surface area contributed by atoms with Crippen LogP contribution in [0.3, 0.4) is 0 Å². The summed E-state index contributed by atoms with van der Waals surface area (Å²) in [7, 11) is 0. The molecule has 4 rings (SSSR count). The van der Waals surface area contributed by atoms with Crippen LogP contribution < -0.4 is 11.1 Å². The number of hydrazone groups is 1. The lowest BCUT2D eigenvalue weighted by Crippen LogP contribution is -2.39. The molecule has 43 heavy (non-hydrogen) atoms. The van der Waals surface area contributed by atoms with Gasteiger partial charge in [-0.15, -0.1) is 0 Å². The lowest BCUT2D eigenvalue weighted by Gasteiger charge is -2.33. The molecule has 1 aromatic heterocycles. The highest BCUT2D eigenvalue weighted by molar-refractivity contribution is 5.89. The molecule has 0 aliphatic heterocycles. The fourth-order valence-corrected chi connectivity index (χ4v) is 5.55. The summed E-state index contributed by atoms with van der Waals surface area (Å²) in [5.41, 5.74) is 5.14. The molecule has 2 unspecified atom stereocenters. The fourth-order valence-electron chi connectivity index (χ4n) is 5.55. The van der Waals surface area contributed by atoms with Gasteiger partial charge in [0.25, 0.3) is 0 Å². The third-order valence-electron chi connectivity index (χ3n) is 7.90. The Morgan fingerprint density at radius 1 is 0.907 bits per heavy atom. The number of carbonyl (C=O) groups excluding carboxylic acids is 1. The Labute approximate surface area is 254 Å². The first-order valence-electron chi connectivity index (χ1n) is 15.3. The van der Waals surface area contributed by atoms with E-state index in [0.717, 1.165) is 49.9 Å². The predicted octanol–water partition coefficient (Wildman–Crippen LogP) is 6.88. The van der Waals surface area contributed by atoms with Crippen molar-refractivity contribution >= 4 is 22.6 Å². The molecule has 1 heterocycles. The van der Waals surface area contributed by atoms with Crippen LogP contribution in [0.4, 0.5) is 0 Å². The molecule has 0 saturated carbocycles. The van der Waals surface area contributed by atoms with Crippen molar-refractivity contribution in [3.05, 3.63) is 112 Å². The van der Waals surface area contributed by atoms with Crippen molar-refractivity contribution in [3.63, 3.8) is 0 Å². The van der Waals surface area contributed by atoms with Crippen LogP contribution >= 0.6 is 0 Å². The van der Waals surface area contributed by atoms with Gasteiger partial charge in [0.15, 0.2) is 0 Å². The van der Waals surface area contributed by atoms with Crippen molar-refractivity contribution in [1.82, 2.24) is 10.3 Å². The van der Waals surface area contributed by atoms with Gasteiger partial charge in [-0.05, 0) is 56.1 Å². The Kier molecular flexibility index (Phi) is 11.7. The van der Waals surface area contributed by atoms with Crippen molar-refractivity contribution < 1.29 is 14.3 Å². The van der Waals surface area contributed by atoms with E-state index in [9.17, 15) is 14.7 Å². The fraction of sp³-hybridized carbons (Fsp3) is 0.361. The first-order valence-corrected chi connectivity index (χ1v) is 15.3. The molecule has 7 nitrogen and oxygen atoms in total. The quantitative estimate of drug-likeness (QED) is 0.0906. The van der Waals surface area contributed by atoms with Crippen molar-refractivity contribution in [2.75, 3.05) is 19.6 Å². The number of benzene rings is 3. The first kappa shape index (κ1) is 31.7. The zero-order chi connectivity index (χ0) is 30.6. The molecule has 0 fully saturated rings. The number of para-hydroxylation sites is 1. The summed E-state index contributed by atoms with van der Waals surface area (Å²) in [6, 6.07) is 26.3. The van der Waals surface area contributed by atoms with Gasteiger partial charge >= 0.3 is 5.63 Å². The number of rotatable bonds is 15. The second-order valence-electron chi connectivity index (χ2n) is 11.1. The average molecular weight is 582 g/mol. The third kappa shape index (κ3) is 8.42. The molecule has 2 N–H and O–H groups in total. The lowest BCUT2D eigenvalue weighted by atomic mass is 9.78. The van der Waals surface area contributed by atoms with Crippen LogP contribution in [0.1, 0.15) is 69.1 Å². The zero-order valence-corrected chi connectivity index (χ0v) is 25.5.